The van der Waals surface area contributed by atoms with Gasteiger partial charge >= 0.3 is 0 Å². The minimum absolute atomic E-state index is 0.423. The lowest BCUT2D eigenvalue weighted by Crippen LogP contribution is -2.46. The van der Waals surface area contributed by atoms with Crippen LogP contribution < -0.4 is 5.73 Å². The second-order valence-electron chi connectivity index (χ2n) is 5.22. The molecule has 1 aliphatic rings. The summed E-state index contributed by atoms with van der Waals surface area (Å²) in [6.07, 6.45) is 7.20. The number of hydrogen-bond acceptors (Lipinski definition) is 4. The average molecular weight is 267 g/mol. The van der Waals surface area contributed by atoms with Gasteiger partial charge in [-0.25, -0.2) is 4.98 Å². The Morgan fingerprint density at radius 1 is 1.50 bits per heavy atom. The van der Waals surface area contributed by atoms with Gasteiger partial charge in [0.25, 0.3) is 0 Å². The van der Waals surface area contributed by atoms with E-state index < -0.39 is 0 Å². The number of nitrogens with two attached hydrogens (primary N) is 1. The molecule has 3 unspecified atom stereocenters. The SMILES string of the molecule is CCN(C(C)c1nccs1)C1CCCCC1CN. The molecule has 0 amide bonds. The molecule has 18 heavy (non-hydrogen) atoms. The van der Waals surface area contributed by atoms with Crippen LogP contribution in [0, 0.1) is 5.92 Å². The highest BCUT2D eigenvalue weighted by atomic mass is 32.1. The summed E-state index contributed by atoms with van der Waals surface area (Å²) in [5, 5.41) is 3.30. The van der Waals surface area contributed by atoms with Gasteiger partial charge in [-0.15, -0.1) is 11.3 Å². The second-order valence-corrected chi connectivity index (χ2v) is 6.15. The Balaban J connectivity index is 2.11. The predicted molar refractivity (Wildman–Crippen MR) is 77.7 cm³/mol. The molecule has 1 aromatic heterocycles. The van der Waals surface area contributed by atoms with Gasteiger partial charge in [-0.1, -0.05) is 19.8 Å². The van der Waals surface area contributed by atoms with Crippen molar-refractivity contribution in [3.05, 3.63) is 16.6 Å². The van der Waals surface area contributed by atoms with Gasteiger partial charge in [0.05, 0.1) is 6.04 Å². The summed E-state index contributed by atoms with van der Waals surface area (Å²) in [5.74, 6) is 0.668. The maximum atomic E-state index is 5.97. The van der Waals surface area contributed by atoms with Crippen LogP contribution in [-0.4, -0.2) is 29.0 Å². The van der Waals surface area contributed by atoms with Crippen LogP contribution in [-0.2, 0) is 0 Å². The van der Waals surface area contributed by atoms with Crippen molar-refractivity contribution in [2.75, 3.05) is 13.1 Å². The van der Waals surface area contributed by atoms with Crippen LogP contribution in [0.2, 0.25) is 0 Å². The van der Waals surface area contributed by atoms with Crippen molar-refractivity contribution in [1.82, 2.24) is 9.88 Å². The molecular weight excluding hydrogens is 242 g/mol. The molecule has 2 rings (SSSR count). The zero-order valence-corrected chi connectivity index (χ0v) is 12.3. The van der Waals surface area contributed by atoms with Crippen molar-refractivity contribution >= 4 is 11.3 Å². The quantitative estimate of drug-likeness (QED) is 0.891. The van der Waals surface area contributed by atoms with E-state index in [9.17, 15) is 0 Å². The van der Waals surface area contributed by atoms with E-state index in [1.807, 2.05) is 6.20 Å². The first-order chi connectivity index (χ1) is 8.77. The van der Waals surface area contributed by atoms with Gasteiger partial charge in [-0.05, 0) is 38.8 Å². The van der Waals surface area contributed by atoms with E-state index in [0.717, 1.165) is 13.1 Å². The molecule has 0 spiro atoms. The summed E-state index contributed by atoms with van der Waals surface area (Å²) >= 11 is 1.76. The van der Waals surface area contributed by atoms with Gasteiger partial charge in [0, 0.05) is 17.6 Å². The molecule has 3 nitrogen and oxygen atoms in total. The van der Waals surface area contributed by atoms with Crippen molar-refractivity contribution < 1.29 is 0 Å². The number of nitrogens with zero attached hydrogens (tertiary/aromatic N) is 2. The largest absolute Gasteiger partial charge is 0.330 e. The maximum absolute atomic E-state index is 5.97. The third kappa shape index (κ3) is 2.92. The summed E-state index contributed by atoms with van der Waals surface area (Å²) in [4.78, 5) is 7.08. The third-order valence-electron chi connectivity index (χ3n) is 4.27. The summed E-state index contributed by atoms with van der Waals surface area (Å²) in [6, 6.07) is 1.07. The van der Waals surface area contributed by atoms with Crippen molar-refractivity contribution in [3.63, 3.8) is 0 Å². The van der Waals surface area contributed by atoms with Crippen molar-refractivity contribution in [3.8, 4) is 0 Å². The van der Waals surface area contributed by atoms with E-state index >= 15 is 0 Å². The molecule has 2 N–H and O–H groups in total. The van der Waals surface area contributed by atoms with Crippen LogP contribution in [0.25, 0.3) is 0 Å². The zero-order valence-electron chi connectivity index (χ0n) is 11.5. The number of rotatable bonds is 5. The highest BCUT2D eigenvalue weighted by molar-refractivity contribution is 7.09. The predicted octanol–water partition coefficient (Wildman–Crippen LogP) is 3.04. The first-order valence-electron chi connectivity index (χ1n) is 7.13. The van der Waals surface area contributed by atoms with Gasteiger partial charge in [0.15, 0.2) is 0 Å². The fourth-order valence-corrected chi connectivity index (χ4v) is 3.99. The van der Waals surface area contributed by atoms with Crippen LogP contribution in [0.15, 0.2) is 11.6 Å². The summed E-state index contributed by atoms with van der Waals surface area (Å²) in [6.45, 7) is 6.45. The van der Waals surface area contributed by atoms with Crippen LogP contribution in [0.1, 0.15) is 50.6 Å². The molecule has 1 heterocycles. The molecule has 1 saturated carbocycles. The lowest BCUT2D eigenvalue weighted by Gasteiger charge is -2.41. The minimum Gasteiger partial charge on any atom is -0.330 e. The number of thiazole rings is 1. The van der Waals surface area contributed by atoms with E-state index in [1.165, 1.54) is 30.7 Å². The molecule has 4 heteroatoms. The smallest absolute Gasteiger partial charge is 0.109 e. The monoisotopic (exact) mass is 267 g/mol. The highest BCUT2D eigenvalue weighted by Crippen LogP contribution is 2.33. The zero-order chi connectivity index (χ0) is 13.0. The van der Waals surface area contributed by atoms with Crippen LogP contribution in [0.3, 0.4) is 0 Å². The summed E-state index contributed by atoms with van der Waals surface area (Å²) < 4.78 is 0. The maximum Gasteiger partial charge on any atom is 0.109 e. The third-order valence-corrected chi connectivity index (χ3v) is 5.21. The van der Waals surface area contributed by atoms with E-state index in [-0.39, 0.29) is 0 Å². The molecule has 1 aromatic rings. The Hall–Kier alpha value is -0.450. The Labute approximate surface area is 114 Å². The molecule has 0 bridgehead atoms. The molecule has 0 radical (unpaired) electrons. The molecule has 0 aliphatic heterocycles. The number of aromatic nitrogens is 1. The minimum atomic E-state index is 0.423. The summed E-state index contributed by atoms with van der Waals surface area (Å²) in [5.41, 5.74) is 5.97. The molecule has 1 fully saturated rings. The summed E-state index contributed by atoms with van der Waals surface area (Å²) in [7, 11) is 0. The van der Waals surface area contributed by atoms with Gasteiger partial charge in [0.2, 0.25) is 0 Å². The molecule has 0 saturated heterocycles. The van der Waals surface area contributed by atoms with E-state index in [0.29, 0.717) is 18.0 Å². The van der Waals surface area contributed by atoms with Crippen molar-refractivity contribution in [2.24, 2.45) is 11.7 Å². The average Bonchev–Trinajstić information content (AvgIpc) is 2.94. The molecule has 0 aromatic carbocycles. The fraction of sp³-hybridized carbons (Fsp3) is 0.786. The first kappa shape index (κ1) is 14.0. The molecule has 1 aliphatic carbocycles. The van der Waals surface area contributed by atoms with E-state index in [1.54, 1.807) is 11.3 Å². The van der Waals surface area contributed by atoms with Gasteiger partial charge in [-0.2, -0.15) is 0 Å². The van der Waals surface area contributed by atoms with Crippen LogP contribution >= 0.6 is 11.3 Å². The normalized spacial score (nSPS) is 26.4. The molecule has 3 atom stereocenters. The van der Waals surface area contributed by atoms with Gasteiger partial charge < -0.3 is 5.73 Å². The van der Waals surface area contributed by atoms with Gasteiger partial charge in [-0.3, -0.25) is 4.90 Å². The Morgan fingerprint density at radius 3 is 2.89 bits per heavy atom. The van der Waals surface area contributed by atoms with Crippen molar-refractivity contribution in [1.29, 1.82) is 0 Å². The molecule has 102 valence electrons. The van der Waals surface area contributed by atoms with Crippen LogP contribution in [0.4, 0.5) is 0 Å². The van der Waals surface area contributed by atoms with Gasteiger partial charge in [0.1, 0.15) is 5.01 Å². The van der Waals surface area contributed by atoms with Crippen LogP contribution in [0.5, 0.6) is 0 Å². The second kappa shape index (κ2) is 6.64. The van der Waals surface area contributed by atoms with Crippen molar-refractivity contribution in [2.45, 2.75) is 51.6 Å². The number of hydrogen-bond donors (Lipinski definition) is 1. The first-order valence-corrected chi connectivity index (χ1v) is 8.01. The Kier molecular flexibility index (Phi) is 5.15. The molecular formula is C14H25N3S. The highest BCUT2D eigenvalue weighted by Gasteiger charge is 2.32. The topological polar surface area (TPSA) is 42.2 Å². The fourth-order valence-electron chi connectivity index (χ4n) is 3.28. The standard InChI is InChI=1S/C14H25N3S/c1-3-17(11(2)14-16-8-9-18-14)13-7-5-4-6-12(13)10-15/h8-9,11-13H,3-7,10,15H2,1-2H3. The lowest BCUT2D eigenvalue weighted by molar-refractivity contribution is 0.0768. The lowest BCUT2D eigenvalue weighted by atomic mass is 9.83. The Bertz CT molecular complexity index is 339. The Morgan fingerprint density at radius 2 is 2.28 bits per heavy atom. The van der Waals surface area contributed by atoms with E-state index in [2.05, 4.69) is 29.1 Å². The van der Waals surface area contributed by atoms with E-state index in [4.69, 9.17) is 5.73 Å².